The number of hydrogen-bond acceptors (Lipinski definition) is 3. The maximum atomic E-state index is 13.2. The van der Waals surface area contributed by atoms with Crippen LogP contribution in [-0.4, -0.2) is 54.0 Å². The molecule has 1 aromatic rings. The first kappa shape index (κ1) is 19.4. The van der Waals surface area contributed by atoms with E-state index in [4.69, 9.17) is 0 Å². The second kappa shape index (κ2) is 7.94. The maximum absolute atomic E-state index is 13.2. The summed E-state index contributed by atoms with van der Waals surface area (Å²) in [6, 6.07) is 7.03. The van der Waals surface area contributed by atoms with Crippen LogP contribution in [0.15, 0.2) is 18.2 Å². The second-order valence-electron chi connectivity index (χ2n) is 6.96. The van der Waals surface area contributed by atoms with Gasteiger partial charge in [-0.05, 0) is 56.8 Å². The van der Waals surface area contributed by atoms with Gasteiger partial charge >= 0.3 is 0 Å². The van der Waals surface area contributed by atoms with Gasteiger partial charge in [0.25, 0.3) is 5.91 Å². The highest BCUT2D eigenvalue weighted by Crippen LogP contribution is 2.29. The molecule has 1 N–H and O–H groups in total. The summed E-state index contributed by atoms with van der Waals surface area (Å²) < 4.78 is 0. The van der Waals surface area contributed by atoms with Crippen LogP contribution in [0.1, 0.15) is 42.1 Å². The zero-order valence-electron chi connectivity index (χ0n) is 14.2. The SMILES string of the molecule is CC1CN2CCCC2CN1C(=O)c1cccc2c1CCCN2.Cl.Cl. The van der Waals surface area contributed by atoms with Gasteiger partial charge in [-0.3, -0.25) is 9.69 Å². The lowest BCUT2D eigenvalue weighted by molar-refractivity contribution is 0.0394. The molecule has 0 bridgehead atoms. The molecule has 1 aromatic carbocycles. The van der Waals surface area contributed by atoms with Crippen molar-refractivity contribution in [3.05, 3.63) is 29.3 Å². The van der Waals surface area contributed by atoms with Crippen LogP contribution in [0.4, 0.5) is 5.69 Å². The molecule has 0 spiro atoms. The first-order valence-corrected chi connectivity index (χ1v) is 8.65. The van der Waals surface area contributed by atoms with Gasteiger partial charge in [-0.25, -0.2) is 0 Å². The Hall–Kier alpha value is -0.970. The zero-order chi connectivity index (χ0) is 15.1. The molecule has 3 aliphatic rings. The minimum Gasteiger partial charge on any atom is -0.385 e. The summed E-state index contributed by atoms with van der Waals surface area (Å²) in [5.74, 6) is 0.236. The van der Waals surface area contributed by atoms with Gasteiger partial charge in [0.15, 0.2) is 0 Å². The van der Waals surface area contributed by atoms with Crippen molar-refractivity contribution in [1.29, 1.82) is 0 Å². The van der Waals surface area contributed by atoms with E-state index in [0.717, 1.165) is 43.7 Å². The summed E-state index contributed by atoms with van der Waals surface area (Å²) in [5, 5.41) is 3.43. The van der Waals surface area contributed by atoms with Crippen molar-refractivity contribution in [3.63, 3.8) is 0 Å². The first-order valence-electron chi connectivity index (χ1n) is 8.65. The Morgan fingerprint density at radius 1 is 1.21 bits per heavy atom. The minimum absolute atomic E-state index is 0. The van der Waals surface area contributed by atoms with Crippen molar-refractivity contribution in [3.8, 4) is 0 Å². The van der Waals surface area contributed by atoms with Crippen LogP contribution in [0.3, 0.4) is 0 Å². The van der Waals surface area contributed by atoms with Gasteiger partial charge < -0.3 is 10.2 Å². The molecule has 4 rings (SSSR count). The number of carbonyl (C=O) groups excluding carboxylic acids is 1. The fourth-order valence-corrected chi connectivity index (χ4v) is 4.34. The van der Waals surface area contributed by atoms with Crippen molar-refractivity contribution in [2.75, 3.05) is 31.5 Å². The van der Waals surface area contributed by atoms with Crippen LogP contribution in [-0.2, 0) is 6.42 Å². The molecule has 0 radical (unpaired) electrons. The average Bonchev–Trinajstić information content (AvgIpc) is 3.00. The average molecular weight is 372 g/mol. The lowest BCUT2D eigenvalue weighted by atomic mass is 9.95. The lowest BCUT2D eigenvalue weighted by Gasteiger charge is -2.42. The van der Waals surface area contributed by atoms with E-state index in [1.165, 1.54) is 24.9 Å². The Kier molecular flexibility index (Phi) is 6.40. The summed E-state index contributed by atoms with van der Waals surface area (Å²) in [5.41, 5.74) is 3.30. The molecule has 134 valence electrons. The first-order chi connectivity index (χ1) is 10.7. The van der Waals surface area contributed by atoms with Gasteiger partial charge in [0.1, 0.15) is 0 Å². The van der Waals surface area contributed by atoms with E-state index in [1.54, 1.807) is 0 Å². The molecule has 3 aliphatic heterocycles. The third-order valence-electron chi connectivity index (χ3n) is 5.52. The number of nitrogens with one attached hydrogen (secondary N) is 1. The predicted molar refractivity (Wildman–Crippen MR) is 103 cm³/mol. The van der Waals surface area contributed by atoms with Crippen molar-refractivity contribution < 1.29 is 4.79 Å². The number of rotatable bonds is 1. The zero-order valence-corrected chi connectivity index (χ0v) is 15.8. The topological polar surface area (TPSA) is 35.6 Å². The number of benzene rings is 1. The maximum Gasteiger partial charge on any atom is 0.254 e. The number of amides is 1. The molecule has 0 saturated carbocycles. The highest BCUT2D eigenvalue weighted by Gasteiger charge is 2.37. The fourth-order valence-electron chi connectivity index (χ4n) is 4.34. The third kappa shape index (κ3) is 3.37. The molecule has 0 aliphatic carbocycles. The standard InChI is InChI=1S/C18H25N3O.2ClH/c1-13-11-20-10-4-5-14(20)12-21(13)18(22)16-6-2-8-17-15(16)7-3-9-19-17;;/h2,6,8,13-14,19H,3-5,7,9-12H2,1H3;2*1H. The quantitative estimate of drug-likeness (QED) is 0.823. The summed E-state index contributed by atoms with van der Waals surface area (Å²) >= 11 is 0. The molecule has 2 unspecified atom stereocenters. The number of carbonyl (C=O) groups is 1. The van der Waals surface area contributed by atoms with Crippen LogP contribution in [0, 0.1) is 0 Å². The van der Waals surface area contributed by atoms with Gasteiger partial charge in [-0.15, -0.1) is 24.8 Å². The third-order valence-corrected chi connectivity index (χ3v) is 5.52. The van der Waals surface area contributed by atoms with Gasteiger partial charge in [-0.2, -0.15) is 0 Å². The van der Waals surface area contributed by atoms with E-state index in [9.17, 15) is 4.79 Å². The monoisotopic (exact) mass is 371 g/mol. The van der Waals surface area contributed by atoms with Crippen molar-refractivity contribution in [2.45, 2.75) is 44.7 Å². The normalized spacial score (nSPS) is 25.6. The molecular formula is C18H27Cl2N3O. The van der Waals surface area contributed by atoms with Crippen LogP contribution in [0.2, 0.25) is 0 Å². The molecule has 6 heteroatoms. The number of hydrogen-bond donors (Lipinski definition) is 1. The summed E-state index contributed by atoms with van der Waals surface area (Å²) in [6.07, 6.45) is 4.65. The van der Waals surface area contributed by atoms with Crippen LogP contribution in [0.25, 0.3) is 0 Å². The van der Waals surface area contributed by atoms with E-state index in [0.29, 0.717) is 12.1 Å². The van der Waals surface area contributed by atoms with Gasteiger partial charge in [0.2, 0.25) is 0 Å². The van der Waals surface area contributed by atoms with Gasteiger partial charge in [0.05, 0.1) is 0 Å². The molecule has 2 fully saturated rings. The predicted octanol–water partition coefficient (Wildman–Crippen LogP) is 3.20. The Labute approximate surface area is 156 Å². The summed E-state index contributed by atoms with van der Waals surface area (Å²) in [6.45, 7) is 6.35. The van der Waals surface area contributed by atoms with E-state index in [-0.39, 0.29) is 30.7 Å². The van der Waals surface area contributed by atoms with E-state index < -0.39 is 0 Å². The number of fused-ring (bicyclic) bond motifs is 2. The van der Waals surface area contributed by atoms with E-state index in [1.807, 2.05) is 12.1 Å². The van der Waals surface area contributed by atoms with E-state index >= 15 is 0 Å². The summed E-state index contributed by atoms with van der Waals surface area (Å²) in [7, 11) is 0. The van der Waals surface area contributed by atoms with Crippen LogP contribution in [0.5, 0.6) is 0 Å². The summed E-state index contributed by atoms with van der Waals surface area (Å²) in [4.78, 5) is 17.8. The van der Waals surface area contributed by atoms with Crippen LogP contribution >= 0.6 is 24.8 Å². The second-order valence-corrected chi connectivity index (χ2v) is 6.96. The smallest absolute Gasteiger partial charge is 0.254 e. The lowest BCUT2D eigenvalue weighted by Crippen LogP contribution is -2.56. The Morgan fingerprint density at radius 3 is 2.88 bits per heavy atom. The van der Waals surface area contributed by atoms with Gasteiger partial charge in [0, 0.05) is 43.0 Å². The minimum atomic E-state index is 0. The van der Waals surface area contributed by atoms with Crippen molar-refractivity contribution >= 4 is 36.4 Å². The Morgan fingerprint density at radius 2 is 2.04 bits per heavy atom. The molecule has 2 atom stereocenters. The number of piperazine rings is 1. The molecule has 4 nitrogen and oxygen atoms in total. The molecule has 3 heterocycles. The van der Waals surface area contributed by atoms with E-state index in [2.05, 4.69) is 28.1 Å². The molecular weight excluding hydrogens is 345 g/mol. The molecule has 1 amide bonds. The van der Waals surface area contributed by atoms with Gasteiger partial charge in [-0.1, -0.05) is 6.07 Å². The number of anilines is 1. The van der Waals surface area contributed by atoms with Crippen molar-refractivity contribution in [2.24, 2.45) is 0 Å². The molecule has 2 saturated heterocycles. The Balaban J connectivity index is 0.00000104. The largest absolute Gasteiger partial charge is 0.385 e. The molecule has 0 aromatic heterocycles. The Bertz CT molecular complexity index is 596. The molecule has 24 heavy (non-hydrogen) atoms. The number of halogens is 2. The highest BCUT2D eigenvalue weighted by molar-refractivity contribution is 5.97. The van der Waals surface area contributed by atoms with Crippen LogP contribution < -0.4 is 5.32 Å². The fraction of sp³-hybridized carbons (Fsp3) is 0.611. The highest BCUT2D eigenvalue weighted by atomic mass is 35.5. The number of nitrogens with zero attached hydrogens (tertiary/aromatic N) is 2. The van der Waals surface area contributed by atoms with Crippen molar-refractivity contribution in [1.82, 2.24) is 9.80 Å².